The van der Waals surface area contributed by atoms with Gasteiger partial charge in [0.15, 0.2) is 23.3 Å². The summed E-state index contributed by atoms with van der Waals surface area (Å²) in [6, 6.07) is 0. The molecule has 0 aliphatic carbocycles. The van der Waals surface area contributed by atoms with Crippen molar-refractivity contribution < 1.29 is 39.9 Å². The molecule has 1 aromatic rings. The summed E-state index contributed by atoms with van der Waals surface area (Å²) in [5.74, 6) is -12.6. The Labute approximate surface area is 140 Å². The Morgan fingerprint density at radius 3 is 1.92 bits per heavy atom. The van der Waals surface area contributed by atoms with E-state index in [1.54, 1.807) is 0 Å². The van der Waals surface area contributed by atoms with Crippen molar-refractivity contribution in [2.24, 2.45) is 5.92 Å². The average molecular weight is 386 g/mol. The summed E-state index contributed by atoms with van der Waals surface area (Å²) >= 11 is 0. The van der Waals surface area contributed by atoms with Crippen molar-refractivity contribution in [1.29, 1.82) is 0 Å². The first-order chi connectivity index (χ1) is 11.6. The number of benzene rings is 1. The van der Waals surface area contributed by atoms with Crippen molar-refractivity contribution in [3.05, 3.63) is 34.6 Å². The highest BCUT2D eigenvalue weighted by Gasteiger charge is 2.30. The van der Waals surface area contributed by atoms with E-state index < -0.39 is 50.5 Å². The number of hydrogen-bond acceptors (Lipinski definition) is 4. The fourth-order valence-electron chi connectivity index (χ4n) is 2.62. The smallest absolute Gasteiger partial charge is 0.344 e. The maximum atomic E-state index is 13.4. The van der Waals surface area contributed by atoms with Crippen LogP contribution in [0.5, 0.6) is 0 Å². The Morgan fingerprint density at radius 1 is 0.920 bits per heavy atom. The highest BCUT2D eigenvalue weighted by Crippen LogP contribution is 2.25. The number of rotatable bonds is 5. The second-order valence-corrected chi connectivity index (χ2v) is 8.12. The SMILES string of the molecule is O=C(OCCCC1CCS(=O)(=O)CC1)c1c(F)c(F)c(F)c(F)c1F. The van der Waals surface area contributed by atoms with Gasteiger partial charge in [-0.1, -0.05) is 0 Å². The molecule has 1 fully saturated rings. The van der Waals surface area contributed by atoms with Crippen molar-refractivity contribution in [2.45, 2.75) is 25.7 Å². The summed E-state index contributed by atoms with van der Waals surface area (Å²) in [7, 11) is -2.99. The van der Waals surface area contributed by atoms with Crippen LogP contribution in [-0.2, 0) is 14.6 Å². The first-order valence-corrected chi connectivity index (χ1v) is 9.35. The van der Waals surface area contributed by atoms with Crippen molar-refractivity contribution >= 4 is 15.8 Å². The Kier molecular flexibility index (Phi) is 6.02. The van der Waals surface area contributed by atoms with Gasteiger partial charge in [0.2, 0.25) is 5.82 Å². The standard InChI is InChI=1S/C15H15F5O4S/c16-10-9(11(17)13(19)14(20)12(10)18)15(21)24-5-1-2-8-3-6-25(22,23)7-4-8/h8H,1-7H2. The molecule has 0 radical (unpaired) electrons. The van der Waals surface area contributed by atoms with Crippen LogP contribution >= 0.6 is 0 Å². The lowest BCUT2D eigenvalue weighted by molar-refractivity contribution is 0.0478. The molecule has 0 spiro atoms. The molecule has 1 saturated heterocycles. The van der Waals surface area contributed by atoms with Gasteiger partial charge in [-0.25, -0.2) is 35.2 Å². The van der Waals surface area contributed by atoms with Crippen LogP contribution in [0.1, 0.15) is 36.0 Å². The van der Waals surface area contributed by atoms with Gasteiger partial charge in [-0.05, 0) is 31.6 Å². The lowest BCUT2D eigenvalue weighted by atomic mass is 9.97. The van der Waals surface area contributed by atoms with E-state index in [1.165, 1.54) is 0 Å². The van der Waals surface area contributed by atoms with E-state index in [1.807, 2.05) is 0 Å². The van der Waals surface area contributed by atoms with Gasteiger partial charge in [0.05, 0.1) is 18.1 Å². The van der Waals surface area contributed by atoms with Gasteiger partial charge in [0.1, 0.15) is 15.4 Å². The lowest BCUT2D eigenvalue weighted by Gasteiger charge is -2.21. The second kappa shape index (κ2) is 7.67. The number of sulfone groups is 1. The zero-order valence-corrected chi connectivity index (χ0v) is 13.8. The Bertz CT molecular complexity index is 736. The minimum atomic E-state index is -2.99. The van der Waals surface area contributed by atoms with Gasteiger partial charge in [-0.2, -0.15) is 0 Å². The Hall–Kier alpha value is -1.71. The third kappa shape index (κ3) is 4.47. The quantitative estimate of drug-likeness (QED) is 0.257. The molecule has 140 valence electrons. The van der Waals surface area contributed by atoms with Crippen LogP contribution in [0, 0.1) is 35.0 Å². The molecule has 0 aromatic heterocycles. The van der Waals surface area contributed by atoms with E-state index >= 15 is 0 Å². The normalized spacial score (nSPS) is 17.5. The number of halogens is 5. The van der Waals surface area contributed by atoms with Gasteiger partial charge in [0, 0.05) is 0 Å². The van der Waals surface area contributed by atoms with Crippen molar-refractivity contribution in [3.8, 4) is 0 Å². The molecule has 0 atom stereocenters. The van der Waals surface area contributed by atoms with Crippen LogP contribution in [0.3, 0.4) is 0 Å². The van der Waals surface area contributed by atoms with Crippen LogP contribution in [0.2, 0.25) is 0 Å². The van der Waals surface area contributed by atoms with Crippen molar-refractivity contribution in [3.63, 3.8) is 0 Å². The number of hydrogen-bond donors (Lipinski definition) is 0. The third-order valence-electron chi connectivity index (χ3n) is 4.08. The fourth-order valence-corrected chi connectivity index (χ4v) is 4.21. The van der Waals surface area contributed by atoms with Crippen molar-refractivity contribution in [1.82, 2.24) is 0 Å². The fraction of sp³-hybridized carbons (Fsp3) is 0.533. The maximum absolute atomic E-state index is 13.4. The zero-order valence-electron chi connectivity index (χ0n) is 13.0. The zero-order chi connectivity index (χ0) is 18.8. The Balaban J connectivity index is 1.89. The average Bonchev–Trinajstić information content (AvgIpc) is 2.56. The van der Waals surface area contributed by atoms with Gasteiger partial charge < -0.3 is 4.74 Å². The van der Waals surface area contributed by atoms with E-state index in [2.05, 4.69) is 4.74 Å². The number of carbonyl (C=O) groups is 1. The molecule has 1 aromatic carbocycles. The molecule has 0 N–H and O–H groups in total. The summed E-state index contributed by atoms with van der Waals surface area (Å²) in [5.41, 5.74) is -1.62. The summed E-state index contributed by atoms with van der Waals surface area (Å²) < 4.78 is 93.0. The minimum absolute atomic E-state index is 0.0853. The molecular weight excluding hydrogens is 371 g/mol. The van der Waals surface area contributed by atoms with Crippen LogP contribution in [-0.4, -0.2) is 32.5 Å². The predicted molar refractivity (Wildman–Crippen MR) is 77.1 cm³/mol. The van der Waals surface area contributed by atoms with E-state index in [0.29, 0.717) is 19.3 Å². The molecule has 1 heterocycles. The van der Waals surface area contributed by atoms with Crippen LogP contribution < -0.4 is 0 Å². The van der Waals surface area contributed by atoms with Crippen LogP contribution in [0.4, 0.5) is 22.0 Å². The molecule has 10 heteroatoms. The largest absolute Gasteiger partial charge is 0.462 e. The van der Waals surface area contributed by atoms with Gasteiger partial charge in [-0.15, -0.1) is 0 Å². The molecule has 25 heavy (non-hydrogen) atoms. The molecule has 0 unspecified atom stereocenters. The van der Waals surface area contributed by atoms with E-state index in [-0.39, 0.29) is 30.5 Å². The number of carbonyl (C=O) groups excluding carboxylic acids is 1. The predicted octanol–water partition coefficient (Wildman–Crippen LogP) is 3.14. The lowest BCUT2D eigenvalue weighted by Crippen LogP contribution is -2.23. The molecule has 1 aliphatic rings. The van der Waals surface area contributed by atoms with Crippen LogP contribution in [0.15, 0.2) is 0 Å². The van der Waals surface area contributed by atoms with Gasteiger partial charge in [-0.3, -0.25) is 0 Å². The Morgan fingerprint density at radius 2 is 1.40 bits per heavy atom. The monoisotopic (exact) mass is 386 g/mol. The molecule has 2 rings (SSSR count). The molecule has 1 aliphatic heterocycles. The maximum Gasteiger partial charge on any atom is 0.344 e. The summed E-state index contributed by atoms with van der Waals surface area (Å²) in [4.78, 5) is 11.6. The molecule has 0 saturated carbocycles. The summed E-state index contributed by atoms with van der Waals surface area (Å²) in [5, 5.41) is 0. The molecule has 0 amide bonds. The topological polar surface area (TPSA) is 60.4 Å². The van der Waals surface area contributed by atoms with Gasteiger partial charge in [0.25, 0.3) is 0 Å². The highest BCUT2D eigenvalue weighted by molar-refractivity contribution is 7.91. The molecule has 4 nitrogen and oxygen atoms in total. The van der Waals surface area contributed by atoms with E-state index in [0.717, 1.165) is 0 Å². The first-order valence-electron chi connectivity index (χ1n) is 7.53. The molecular formula is C15H15F5O4S. The molecule has 0 bridgehead atoms. The van der Waals surface area contributed by atoms with Crippen molar-refractivity contribution in [2.75, 3.05) is 18.1 Å². The summed E-state index contributed by atoms with van der Waals surface area (Å²) in [6.45, 7) is -0.276. The van der Waals surface area contributed by atoms with E-state index in [9.17, 15) is 35.2 Å². The third-order valence-corrected chi connectivity index (χ3v) is 5.79. The number of ether oxygens (including phenoxy) is 1. The summed E-state index contributed by atoms with van der Waals surface area (Å²) in [6.07, 6.45) is 1.77. The first kappa shape index (κ1) is 19.6. The van der Waals surface area contributed by atoms with E-state index in [4.69, 9.17) is 0 Å². The van der Waals surface area contributed by atoms with Crippen LogP contribution in [0.25, 0.3) is 0 Å². The minimum Gasteiger partial charge on any atom is -0.462 e. The second-order valence-electron chi connectivity index (χ2n) is 5.82. The van der Waals surface area contributed by atoms with Gasteiger partial charge >= 0.3 is 5.97 Å². The number of esters is 1. The highest BCUT2D eigenvalue weighted by atomic mass is 32.2.